The number of rotatable bonds is 5. The highest BCUT2D eigenvalue weighted by atomic mass is 32.1. The fourth-order valence-electron chi connectivity index (χ4n) is 2.12. The van der Waals surface area contributed by atoms with Crippen LogP contribution in [-0.2, 0) is 0 Å². The summed E-state index contributed by atoms with van der Waals surface area (Å²) < 4.78 is 0. The van der Waals surface area contributed by atoms with Gasteiger partial charge >= 0.3 is 0 Å². The molecule has 0 aliphatic carbocycles. The van der Waals surface area contributed by atoms with E-state index in [9.17, 15) is 0 Å². The minimum Gasteiger partial charge on any atom is -0.363 e. The van der Waals surface area contributed by atoms with Gasteiger partial charge < -0.3 is 15.1 Å². The Hall–Kier alpha value is -0.350. The Balaban J connectivity index is 2.22. The molecule has 4 heteroatoms. The van der Waals surface area contributed by atoms with Crippen LogP contribution in [0.1, 0.15) is 32.6 Å². The summed E-state index contributed by atoms with van der Waals surface area (Å²) in [5.41, 5.74) is 0. The molecule has 0 aromatic heterocycles. The first kappa shape index (κ1) is 13.7. The van der Waals surface area contributed by atoms with Crippen molar-refractivity contribution in [3.8, 4) is 0 Å². The lowest BCUT2D eigenvalue weighted by atomic mass is 10.2. The molecule has 0 spiro atoms. The molecule has 1 heterocycles. The third-order valence-corrected chi connectivity index (χ3v) is 3.77. The zero-order valence-corrected chi connectivity index (χ0v) is 11.6. The van der Waals surface area contributed by atoms with Crippen LogP contribution in [0.4, 0.5) is 0 Å². The van der Waals surface area contributed by atoms with Gasteiger partial charge in [-0.1, -0.05) is 13.3 Å². The van der Waals surface area contributed by atoms with E-state index >= 15 is 0 Å². The zero-order valence-electron chi connectivity index (χ0n) is 10.8. The predicted octanol–water partition coefficient (Wildman–Crippen LogP) is 1.69. The lowest BCUT2D eigenvalue weighted by molar-refractivity contribution is 0.266. The summed E-state index contributed by atoms with van der Waals surface area (Å²) in [6, 6.07) is 0.677. The van der Waals surface area contributed by atoms with Crippen molar-refractivity contribution >= 4 is 17.3 Å². The summed E-state index contributed by atoms with van der Waals surface area (Å²) in [4.78, 5) is 4.61. The lowest BCUT2D eigenvalue weighted by Gasteiger charge is -2.27. The van der Waals surface area contributed by atoms with Crippen molar-refractivity contribution in [2.45, 2.75) is 38.6 Å². The van der Waals surface area contributed by atoms with E-state index in [4.69, 9.17) is 12.2 Å². The van der Waals surface area contributed by atoms with E-state index < -0.39 is 0 Å². The largest absolute Gasteiger partial charge is 0.363 e. The van der Waals surface area contributed by atoms with Crippen molar-refractivity contribution in [3.05, 3.63) is 0 Å². The highest BCUT2D eigenvalue weighted by molar-refractivity contribution is 7.80. The Morgan fingerprint density at radius 3 is 2.88 bits per heavy atom. The summed E-state index contributed by atoms with van der Waals surface area (Å²) in [5, 5.41) is 4.21. The molecule has 1 fully saturated rings. The van der Waals surface area contributed by atoms with E-state index in [1.54, 1.807) is 0 Å². The number of thiocarbonyl (C=S) groups is 1. The normalized spacial score (nSPS) is 21.1. The summed E-state index contributed by atoms with van der Waals surface area (Å²) in [7, 11) is 4.30. The van der Waals surface area contributed by atoms with E-state index in [0.29, 0.717) is 6.04 Å². The van der Waals surface area contributed by atoms with Crippen molar-refractivity contribution in [2.75, 3.05) is 33.7 Å². The van der Waals surface area contributed by atoms with Crippen LogP contribution in [0.25, 0.3) is 0 Å². The Labute approximate surface area is 105 Å². The van der Waals surface area contributed by atoms with Gasteiger partial charge in [0.25, 0.3) is 0 Å². The topological polar surface area (TPSA) is 18.5 Å². The van der Waals surface area contributed by atoms with Crippen LogP contribution in [0.15, 0.2) is 0 Å². The van der Waals surface area contributed by atoms with Crippen molar-refractivity contribution in [3.63, 3.8) is 0 Å². The third kappa shape index (κ3) is 4.26. The predicted molar refractivity (Wildman–Crippen MR) is 73.8 cm³/mol. The van der Waals surface area contributed by atoms with Crippen LogP contribution in [0.2, 0.25) is 0 Å². The molecule has 0 bridgehead atoms. The van der Waals surface area contributed by atoms with Crippen LogP contribution < -0.4 is 5.32 Å². The molecule has 1 N–H and O–H groups in total. The number of nitrogens with one attached hydrogen (secondary N) is 1. The second-order valence-corrected chi connectivity index (χ2v) is 5.13. The van der Waals surface area contributed by atoms with Gasteiger partial charge in [-0.25, -0.2) is 0 Å². The molecule has 0 radical (unpaired) electrons. The van der Waals surface area contributed by atoms with Crippen LogP contribution in [0.5, 0.6) is 0 Å². The number of likely N-dealkylation sites (N-methyl/N-ethyl adjacent to an activating group) is 2. The van der Waals surface area contributed by atoms with Crippen molar-refractivity contribution < 1.29 is 0 Å². The first-order chi connectivity index (χ1) is 7.65. The van der Waals surface area contributed by atoms with E-state index in [2.05, 4.69) is 36.1 Å². The van der Waals surface area contributed by atoms with E-state index in [1.807, 2.05) is 0 Å². The monoisotopic (exact) mass is 243 g/mol. The number of hydrogen-bond acceptors (Lipinski definition) is 2. The van der Waals surface area contributed by atoms with Crippen LogP contribution in [-0.4, -0.2) is 54.7 Å². The van der Waals surface area contributed by atoms with E-state index in [0.717, 1.165) is 18.2 Å². The quantitative estimate of drug-likeness (QED) is 0.585. The second kappa shape index (κ2) is 7.07. The molecule has 1 atom stereocenters. The van der Waals surface area contributed by atoms with Gasteiger partial charge in [0.15, 0.2) is 5.11 Å². The first-order valence-corrected chi connectivity index (χ1v) is 6.75. The summed E-state index contributed by atoms with van der Waals surface area (Å²) >= 11 is 5.36. The molecule has 3 nitrogen and oxygen atoms in total. The van der Waals surface area contributed by atoms with Gasteiger partial charge in [-0.05, 0) is 45.1 Å². The van der Waals surface area contributed by atoms with Crippen molar-refractivity contribution in [1.29, 1.82) is 0 Å². The molecule has 0 aromatic rings. The second-order valence-electron chi connectivity index (χ2n) is 4.74. The molecule has 0 aromatic carbocycles. The van der Waals surface area contributed by atoms with Gasteiger partial charge in [0, 0.05) is 26.2 Å². The Morgan fingerprint density at radius 1 is 1.56 bits per heavy atom. The number of nitrogens with zero attached hydrogens (tertiary/aromatic N) is 2. The average Bonchev–Trinajstić information content (AvgIpc) is 2.64. The molecule has 1 saturated heterocycles. The molecular formula is C12H25N3S. The minimum atomic E-state index is 0.677. The van der Waals surface area contributed by atoms with Gasteiger partial charge in [-0.2, -0.15) is 0 Å². The maximum atomic E-state index is 5.36. The molecule has 0 saturated carbocycles. The Bertz CT molecular complexity index is 220. The zero-order chi connectivity index (χ0) is 12.0. The average molecular weight is 243 g/mol. The molecule has 94 valence electrons. The number of unbranched alkanes of at least 4 members (excludes halogenated alkanes) is 1. The Morgan fingerprint density at radius 2 is 2.31 bits per heavy atom. The van der Waals surface area contributed by atoms with Gasteiger partial charge in [0.05, 0.1) is 0 Å². The SMILES string of the molecule is CCCCNC(=S)N(C)CC1CCCN1C. The minimum absolute atomic E-state index is 0.677. The highest BCUT2D eigenvalue weighted by Crippen LogP contribution is 2.15. The molecule has 1 unspecified atom stereocenters. The fraction of sp³-hybridized carbons (Fsp3) is 0.917. The standard InChI is InChI=1S/C12H25N3S/c1-4-5-8-13-12(16)15(3)10-11-7-6-9-14(11)2/h11H,4-10H2,1-3H3,(H,13,16). The van der Waals surface area contributed by atoms with Crippen molar-refractivity contribution in [2.24, 2.45) is 0 Å². The molecule has 1 aliphatic heterocycles. The van der Waals surface area contributed by atoms with Crippen molar-refractivity contribution in [1.82, 2.24) is 15.1 Å². The lowest BCUT2D eigenvalue weighted by Crippen LogP contribution is -2.44. The van der Waals surface area contributed by atoms with Crippen LogP contribution in [0, 0.1) is 0 Å². The Kier molecular flexibility index (Phi) is 6.06. The molecule has 0 amide bonds. The molecular weight excluding hydrogens is 218 g/mol. The van der Waals surface area contributed by atoms with Gasteiger partial charge in [-0.3, -0.25) is 0 Å². The van der Waals surface area contributed by atoms with Gasteiger partial charge in [0.2, 0.25) is 0 Å². The van der Waals surface area contributed by atoms with Gasteiger partial charge in [0.1, 0.15) is 0 Å². The number of hydrogen-bond donors (Lipinski definition) is 1. The molecule has 1 rings (SSSR count). The van der Waals surface area contributed by atoms with Crippen LogP contribution >= 0.6 is 12.2 Å². The molecule has 1 aliphatic rings. The number of likely N-dealkylation sites (tertiary alicyclic amines) is 1. The summed E-state index contributed by atoms with van der Waals surface area (Å²) in [6.07, 6.45) is 5.03. The summed E-state index contributed by atoms with van der Waals surface area (Å²) in [6.45, 7) is 5.48. The van der Waals surface area contributed by atoms with E-state index in [1.165, 1.54) is 32.2 Å². The highest BCUT2D eigenvalue weighted by Gasteiger charge is 2.22. The summed E-state index contributed by atoms with van der Waals surface area (Å²) in [5.74, 6) is 0. The van der Waals surface area contributed by atoms with Crippen LogP contribution in [0.3, 0.4) is 0 Å². The first-order valence-electron chi connectivity index (χ1n) is 6.34. The molecule has 16 heavy (non-hydrogen) atoms. The maximum Gasteiger partial charge on any atom is 0.168 e. The fourth-order valence-corrected chi connectivity index (χ4v) is 2.29. The maximum absolute atomic E-state index is 5.36. The smallest absolute Gasteiger partial charge is 0.168 e. The van der Waals surface area contributed by atoms with E-state index in [-0.39, 0.29) is 0 Å². The van der Waals surface area contributed by atoms with Gasteiger partial charge in [-0.15, -0.1) is 0 Å². The third-order valence-electron chi connectivity index (χ3n) is 3.31.